The van der Waals surface area contributed by atoms with Crippen LogP contribution in [0.1, 0.15) is 15.9 Å². The molecule has 1 N–H and O–H groups in total. The molecule has 0 fully saturated rings. The minimum atomic E-state index is -4.75. The van der Waals surface area contributed by atoms with E-state index in [1.807, 2.05) is 0 Å². The van der Waals surface area contributed by atoms with E-state index in [0.717, 1.165) is 6.07 Å². The number of alkyl halides is 3. The van der Waals surface area contributed by atoms with Gasteiger partial charge in [0.05, 0.1) is 5.56 Å². The van der Waals surface area contributed by atoms with Crippen molar-refractivity contribution in [2.45, 2.75) is 6.18 Å². The molecular weight excluding hydrogens is 241 g/mol. The third-order valence-electron chi connectivity index (χ3n) is 2.23. The zero-order valence-electron chi connectivity index (χ0n) is 8.37. The molecular formula is C10H7F3O4. The number of carbonyl (C=O) groups is 1. The molecule has 2 rings (SSSR count). The second kappa shape index (κ2) is 3.83. The van der Waals surface area contributed by atoms with E-state index in [1.54, 1.807) is 0 Å². The lowest BCUT2D eigenvalue weighted by Crippen LogP contribution is -2.21. The Morgan fingerprint density at radius 2 is 1.88 bits per heavy atom. The molecule has 0 aliphatic carbocycles. The molecule has 0 saturated heterocycles. The summed E-state index contributed by atoms with van der Waals surface area (Å²) >= 11 is 0. The van der Waals surface area contributed by atoms with Gasteiger partial charge in [0, 0.05) is 0 Å². The number of benzene rings is 1. The van der Waals surface area contributed by atoms with Crippen molar-refractivity contribution in [2.75, 3.05) is 13.2 Å². The monoisotopic (exact) mass is 248 g/mol. The number of hydrogen-bond donors (Lipinski definition) is 1. The second-order valence-corrected chi connectivity index (χ2v) is 3.32. The highest BCUT2D eigenvalue weighted by Gasteiger charge is 2.38. The van der Waals surface area contributed by atoms with Crippen LogP contribution in [0.4, 0.5) is 13.2 Å². The Labute approximate surface area is 93.6 Å². The molecule has 1 aromatic rings. The highest BCUT2D eigenvalue weighted by Crippen LogP contribution is 2.42. The van der Waals surface area contributed by atoms with Gasteiger partial charge in [-0.1, -0.05) is 0 Å². The predicted octanol–water partition coefficient (Wildman–Crippen LogP) is 2.17. The van der Waals surface area contributed by atoms with Gasteiger partial charge in [-0.2, -0.15) is 13.2 Å². The number of aromatic carboxylic acids is 1. The third kappa shape index (κ3) is 2.00. The quantitative estimate of drug-likeness (QED) is 0.827. The average Bonchev–Trinajstić information content (AvgIpc) is 2.26. The summed E-state index contributed by atoms with van der Waals surface area (Å²) in [6.07, 6.45) is -4.75. The van der Waals surface area contributed by atoms with Crippen LogP contribution in [0.25, 0.3) is 0 Å². The highest BCUT2D eigenvalue weighted by molar-refractivity contribution is 5.94. The summed E-state index contributed by atoms with van der Waals surface area (Å²) < 4.78 is 47.8. The molecule has 0 aromatic heterocycles. The lowest BCUT2D eigenvalue weighted by atomic mass is 10.0. The van der Waals surface area contributed by atoms with E-state index < -0.39 is 23.3 Å². The van der Waals surface area contributed by atoms with Crippen LogP contribution in [0, 0.1) is 0 Å². The minimum Gasteiger partial charge on any atom is -0.486 e. The van der Waals surface area contributed by atoms with Crippen LogP contribution in [0.15, 0.2) is 12.1 Å². The molecule has 0 unspecified atom stereocenters. The zero-order chi connectivity index (χ0) is 12.6. The Hall–Kier alpha value is -1.92. The van der Waals surface area contributed by atoms with Crippen LogP contribution < -0.4 is 9.47 Å². The second-order valence-electron chi connectivity index (χ2n) is 3.32. The molecule has 0 saturated carbocycles. The molecule has 0 radical (unpaired) electrons. The molecule has 0 amide bonds. The maximum absolute atomic E-state index is 12.6. The van der Waals surface area contributed by atoms with Crippen molar-refractivity contribution in [1.29, 1.82) is 0 Å². The summed E-state index contributed by atoms with van der Waals surface area (Å²) in [5, 5.41) is 8.85. The number of ether oxygens (including phenoxy) is 2. The van der Waals surface area contributed by atoms with E-state index in [1.165, 1.54) is 0 Å². The van der Waals surface area contributed by atoms with Crippen molar-refractivity contribution in [3.63, 3.8) is 0 Å². The van der Waals surface area contributed by atoms with Crippen LogP contribution in [-0.4, -0.2) is 24.3 Å². The Morgan fingerprint density at radius 1 is 1.24 bits per heavy atom. The molecule has 4 nitrogen and oxygen atoms in total. The normalized spacial score (nSPS) is 14.5. The number of rotatable bonds is 1. The number of hydrogen-bond acceptors (Lipinski definition) is 3. The standard InChI is InChI=1S/C10H7F3O4/c11-10(12,13)5-1-2-6-8(7(5)9(14)15)17-4-3-16-6/h1-2H,3-4H2,(H,14,15). The lowest BCUT2D eigenvalue weighted by molar-refractivity contribution is -0.138. The van der Waals surface area contributed by atoms with Crippen molar-refractivity contribution in [2.24, 2.45) is 0 Å². The predicted molar refractivity (Wildman–Crippen MR) is 49.4 cm³/mol. The topological polar surface area (TPSA) is 55.8 Å². The average molecular weight is 248 g/mol. The number of halogens is 3. The smallest absolute Gasteiger partial charge is 0.417 e. The zero-order valence-corrected chi connectivity index (χ0v) is 8.37. The number of carboxylic acid groups (broad SMARTS) is 1. The fraction of sp³-hybridized carbons (Fsp3) is 0.300. The number of carboxylic acids is 1. The van der Waals surface area contributed by atoms with Crippen LogP contribution in [0.3, 0.4) is 0 Å². The first-order valence-corrected chi connectivity index (χ1v) is 4.64. The summed E-state index contributed by atoms with van der Waals surface area (Å²) in [6.45, 7) is 0.200. The van der Waals surface area contributed by atoms with E-state index >= 15 is 0 Å². The van der Waals surface area contributed by atoms with Gasteiger partial charge in [-0.25, -0.2) is 4.79 Å². The van der Waals surface area contributed by atoms with Crippen LogP contribution in [0.5, 0.6) is 11.5 Å². The van der Waals surface area contributed by atoms with E-state index in [4.69, 9.17) is 14.6 Å². The molecule has 92 valence electrons. The highest BCUT2D eigenvalue weighted by atomic mass is 19.4. The van der Waals surface area contributed by atoms with Crippen LogP contribution in [-0.2, 0) is 6.18 Å². The maximum Gasteiger partial charge on any atom is 0.417 e. The molecule has 0 atom stereocenters. The molecule has 1 heterocycles. The van der Waals surface area contributed by atoms with Gasteiger partial charge >= 0.3 is 12.1 Å². The Balaban J connectivity index is 2.66. The van der Waals surface area contributed by atoms with E-state index in [0.29, 0.717) is 6.07 Å². The summed E-state index contributed by atoms with van der Waals surface area (Å²) in [6, 6.07) is 1.74. The van der Waals surface area contributed by atoms with Crippen molar-refractivity contribution in [3.05, 3.63) is 23.3 Å². The van der Waals surface area contributed by atoms with Gasteiger partial charge in [0.2, 0.25) is 0 Å². The minimum absolute atomic E-state index is 0.0154. The molecule has 0 bridgehead atoms. The van der Waals surface area contributed by atoms with Gasteiger partial charge < -0.3 is 14.6 Å². The summed E-state index contributed by atoms with van der Waals surface area (Å²) in [7, 11) is 0. The first-order valence-electron chi connectivity index (χ1n) is 4.64. The SMILES string of the molecule is O=C(O)c1c(C(F)(F)F)ccc2c1OCCO2. The van der Waals surface area contributed by atoms with Crippen LogP contribution >= 0.6 is 0 Å². The first kappa shape index (κ1) is 11.6. The van der Waals surface area contributed by atoms with Crippen molar-refractivity contribution >= 4 is 5.97 Å². The first-order chi connectivity index (χ1) is 7.91. The fourth-order valence-corrected chi connectivity index (χ4v) is 1.56. The molecule has 17 heavy (non-hydrogen) atoms. The van der Waals surface area contributed by atoms with Gasteiger partial charge in [-0.15, -0.1) is 0 Å². The van der Waals surface area contributed by atoms with Crippen molar-refractivity contribution < 1.29 is 32.5 Å². The largest absolute Gasteiger partial charge is 0.486 e. The van der Waals surface area contributed by atoms with Gasteiger partial charge in [0.15, 0.2) is 11.5 Å². The molecule has 1 aromatic carbocycles. The third-order valence-corrected chi connectivity index (χ3v) is 2.23. The van der Waals surface area contributed by atoms with Gasteiger partial charge in [0.1, 0.15) is 18.8 Å². The molecule has 1 aliphatic heterocycles. The lowest BCUT2D eigenvalue weighted by Gasteiger charge is -2.22. The Morgan fingerprint density at radius 3 is 2.47 bits per heavy atom. The van der Waals surface area contributed by atoms with E-state index in [2.05, 4.69) is 0 Å². The van der Waals surface area contributed by atoms with Crippen LogP contribution in [0.2, 0.25) is 0 Å². The molecule has 0 spiro atoms. The Bertz CT molecular complexity index is 467. The summed E-state index contributed by atoms with van der Waals surface area (Å²) in [5.74, 6) is -2.04. The molecule has 7 heteroatoms. The van der Waals surface area contributed by atoms with Gasteiger partial charge in [0.25, 0.3) is 0 Å². The maximum atomic E-state index is 12.6. The number of fused-ring (bicyclic) bond motifs is 1. The Kier molecular flexibility index (Phi) is 2.60. The van der Waals surface area contributed by atoms with Gasteiger partial charge in [-0.3, -0.25) is 0 Å². The summed E-state index contributed by atoms with van der Waals surface area (Å²) in [4.78, 5) is 10.9. The fourth-order valence-electron chi connectivity index (χ4n) is 1.56. The van der Waals surface area contributed by atoms with E-state index in [9.17, 15) is 18.0 Å². The molecule has 1 aliphatic rings. The van der Waals surface area contributed by atoms with Crippen molar-refractivity contribution in [1.82, 2.24) is 0 Å². The van der Waals surface area contributed by atoms with Crippen molar-refractivity contribution in [3.8, 4) is 11.5 Å². The summed E-state index contributed by atoms with van der Waals surface area (Å²) in [5.41, 5.74) is -2.15. The van der Waals surface area contributed by atoms with Gasteiger partial charge in [-0.05, 0) is 12.1 Å². The van der Waals surface area contributed by atoms with E-state index in [-0.39, 0.29) is 24.7 Å².